The zero-order valence-electron chi connectivity index (χ0n) is 14.5. The third kappa shape index (κ3) is 6.86. The number of benzene rings is 1. The molecule has 0 fully saturated rings. The summed E-state index contributed by atoms with van der Waals surface area (Å²) in [5, 5.41) is 12.8. The number of para-hydroxylation sites is 1. The van der Waals surface area contributed by atoms with Gasteiger partial charge in [-0.05, 0) is 39.3 Å². The lowest BCUT2D eigenvalue weighted by Gasteiger charge is -2.26. The Balaban J connectivity index is 2.38. The molecular formula is C17H27FN2O3. The largest absolute Gasteiger partial charge is 0.505 e. The van der Waals surface area contributed by atoms with Crippen LogP contribution in [0.1, 0.15) is 33.3 Å². The van der Waals surface area contributed by atoms with Crippen LogP contribution in [0.25, 0.3) is 0 Å². The molecule has 1 unspecified atom stereocenters. The summed E-state index contributed by atoms with van der Waals surface area (Å²) in [6.45, 7) is 9.02. The molecule has 0 saturated carbocycles. The maximum atomic E-state index is 13.2. The van der Waals surface area contributed by atoms with Crippen molar-refractivity contribution in [2.75, 3.05) is 20.1 Å². The molecule has 6 heteroatoms. The molecule has 1 rings (SSSR count). The molecule has 0 aromatic heterocycles. The lowest BCUT2D eigenvalue weighted by Crippen LogP contribution is -2.38. The molecule has 0 saturated heterocycles. The molecule has 0 radical (unpaired) electrons. The van der Waals surface area contributed by atoms with E-state index in [0.29, 0.717) is 25.2 Å². The van der Waals surface area contributed by atoms with Crippen LogP contribution in [0.4, 0.5) is 9.18 Å². The standard InChI is InChI=1S/C17H27FN2O3/c1-12(11-20(5)16(22)23-17(2,3)4)9-19-10-13-7-6-8-14(18)15(13)21/h6-8,12,19,21H,9-11H2,1-5H3. The van der Waals surface area contributed by atoms with Crippen molar-refractivity contribution < 1.29 is 19.0 Å². The number of amides is 1. The molecule has 1 aromatic carbocycles. The number of phenols is 1. The Labute approximate surface area is 137 Å². The topological polar surface area (TPSA) is 61.8 Å². The van der Waals surface area contributed by atoms with E-state index in [1.807, 2.05) is 27.7 Å². The average Bonchev–Trinajstić information content (AvgIpc) is 2.41. The van der Waals surface area contributed by atoms with Crippen molar-refractivity contribution >= 4 is 6.09 Å². The molecule has 0 heterocycles. The monoisotopic (exact) mass is 326 g/mol. The van der Waals surface area contributed by atoms with E-state index >= 15 is 0 Å². The van der Waals surface area contributed by atoms with Gasteiger partial charge in [-0.1, -0.05) is 19.1 Å². The Hall–Kier alpha value is -1.82. The highest BCUT2D eigenvalue weighted by Crippen LogP contribution is 2.20. The number of rotatable bonds is 6. The van der Waals surface area contributed by atoms with Crippen molar-refractivity contribution in [3.05, 3.63) is 29.6 Å². The minimum atomic E-state index is -0.623. The zero-order valence-corrected chi connectivity index (χ0v) is 14.5. The third-order valence-corrected chi connectivity index (χ3v) is 3.17. The first-order valence-electron chi connectivity index (χ1n) is 7.71. The Morgan fingerprint density at radius 2 is 2.09 bits per heavy atom. The summed E-state index contributed by atoms with van der Waals surface area (Å²) in [5.41, 5.74) is -0.000406. The molecule has 0 aliphatic carbocycles. The fraction of sp³-hybridized carbons (Fsp3) is 0.588. The average molecular weight is 326 g/mol. The number of halogens is 1. The Kier molecular flexibility index (Phi) is 6.81. The van der Waals surface area contributed by atoms with Crippen LogP contribution in [0.15, 0.2) is 18.2 Å². The maximum absolute atomic E-state index is 13.2. The summed E-state index contributed by atoms with van der Waals surface area (Å²) in [6.07, 6.45) is -0.355. The van der Waals surface area contributed by atoms with Crippen molar-refractivity contribution in [3.8, 4) is 5.75 Å². The van der Waals surface area contributed by atoms with Gasteiger partial charge in [-0.2, -0.15) is 0 Å². The Morgan fingerprint density at radius 1 is 1.43 bits per heavy atom. The van der Waals surface area contributed by atoms with E-state index in [1.165, 1.54) is 11.0 Å². The SMILES string of the molecule is CC(CNCc1cccc(F)c1O)CN(C)C(=O)OC(C)(C)C. The number of carbonyl (C=O) groups excluding carboxylic acids is 1. The van der Waals surface area contributed by atoms with Gasteiger partial charge in [0.1, 0.15) is 5.60 Å². The van der Waals surface area contributed by atoms with Gasteiger partial charge >= 0.3 is 6.09 Å². The molecule has 1 aromatic rings. The van der Waals surface area contributed by atoms with Crippen LogP contribution in [-0.4, -0.2) is 41.8 Å². The summed E-state index contributed by atoms with van der Waals surface area (Å²) in [6, 6.07) is 4.45. The summed E-state index contributed by atoms with van der Waals surface area (Å²) < 4.78 is 18.5. The number of ether oxygens (including phenoxy) is 1. The lowest BCUT2D eigenvalue weighted by molar-refractivity contribution is 0.0277. The van der Waals surface area contributed by atoms with E-state index in [-0.39, 0.29) is 17.8 Å². The predicted molar refractivity (Wildman–Crippen MR) is 87.8 cm³/mol. The number of hydrogen-bond donors (Lipinski definition) is 2. The van der Waals surface area contributed by atoms with Crippen LogP contribution < -0.4 is 5.32 Å². The van der Waals surface area contributed by atoms with Crippen molar-refractivity contribution in [3.63, 3.8) is 0 Å². The third-order valence-electron chi connectivity index (χ3n) is 3.17. The highest BCUT2D eigenvalue weighted by molar-refractivity contribution is 5.67. The normalized spacial score (nSPS) is 12.8. The van der Waals surface area contributed by atoms with E-state index in [4.69, 9.17) is 4.74 Å². The quantitative estimate of drug-likeness (QED) is 0.843. The molecule has 0 bridgehead atoms. The van der Waals surface area contributed by atoms with E-state index in [1.54, 1.807) is 19.2 Å². The van der Waals surface area contributed by atoms with Gasteiger partial charge < -0.3 is 20.1 Å². The van der Waals surface area contributed by atoms with Crippen molar-refractivity contribution in [1.29, 1.82) is 0 Å². The molecule has 1 amide bonds. The van der Waals surface area contributed by atoms with Gasteiger partial charge in [-0.25, -0.2) is 9.18 Å². The highest BCUT2D eigenvalue weighted by Gasteiger charge is 2.20. The van der Waals surface area contributed by atoms with E-state index in [2.05, 4.69) is 5.32 Å². The molecule has 23 heavy (non-hydrogen) atoms. The molecule has 5 nitrogen and oxygen atoms in total. The van der Waals surface area contributed by atoms with Crippen molar-refractivity contribution in [2.24, 2.45) is 5.92 Å². The van der Waals surface area contributed by atoms with Crippen LogP contribution in [0.5, 0.6) is 5.75 Å². The van der Waals surface area contributed by atoms with Crippen LogP contribution in [0, 0.1) is 11.7 Å². The first-order valence-corrected chi connectivity index (χ1v) is 7.71. The van der Waals surface area contributed by atoms with Gasteiger partial charge in [-0.15, -0.1) is 0 Å². The van der Waals surface area contributed by atoms with E-state index < -0.39 is 11.4 Å². The molecular weight excluding hydrogens is 299 g/mol. The summed E-state index contributed by atoms with van der Waals surface area (Å²) in [7, 11) is 1.70. The van der Waals surface area contributed by atoms with E-state index in [0.717, 1.165) is 0 Å². The van der Waals surface area contributed by atoms with Gasteiger partial charge in [0.05, 0.1) is 0 Å². The van der Waals surface area contributed by atoms with Gasteiger partial charge in [0.15, 0.2) is 11.6 Å². The molecule has 1 atom stereocenters. The second-order valence-electron chi connectivity index (χ2n) is 6.84. The van der Waals surface area contributed by atoms with Crippen molar-refractivity contribution in [2.45, 2.75) is 39.8 Å². The number of carbonyl (C=O) groups is 1. The second-order valence-corrected chi connectivity index (χ2v) is 6.84. The zero-order chi connectivity index (χ0) is 17.6. The van der Waals surface area contributed by atoms with Gasteiger partial charge in [0.2, 0.25) is 0 Å². The van der Waals surface area contributed by atoms with Crippen LogP contribution >= 0.6 is 0 Å². The highest BCUT2D eigenvalue weighted by atomic mass is 19.1. The Bertz CT molecular complexity index is 529. The molecule has 0 spiro atoms. The Morgan fingerprint density at radius 3 is 2.70 bits per heavy atom. The smallest absolute Gasteiger partial charge is 0.410 e. The minimum absolute atomic E-state index is 0.184. The summed E-state index contributed by atoms with van der Waals surface area (Å²) >= 11 is 0. The predicted octanol–water partition coefficient (Wildman–Crippen LogP) is 3.12. The van der Waals surface area contributed by atoms with Crippen LogP contribution in [-0.2, 0) is 11.3 Å². The van der Waals surface area contributed by atoms with Crippen LogP contribution in [0.3, 0.4) is 0 Å². The summed E-state index contributed by atoms with van der Waals surface area (Å²) in [5.74, 6) is -0.760. The minimum Gasteiger partial charge on any atom is -0.505 e. The van der Waals surface area contributed by atoms with Gasteiger partial charge in [-0.3, -0.25) is 0 Å². The number of nitrogens with one attached hydrogen (secondary N) is 1. The first kappa shape index (κ1) is 19.2. The number of phenolic OH excluding ortho intramolecular Hbond substituents is 1. The molecule has 130 valence electrons. The lowest BCUT2D eigenvalue weighted by atomic mass is 10.1. The maximum Gasteiger partial charge on any atom is 0.410 e. The number of hydrogen-bond acceptors (Lipinski definition) is 4. The summed E-state index contributed by atoms with van der Waals surface area (Å²) in [4.78, 5) is 13.4. The molecule has 2 N–H and O–H groups in total. The second kappa shape index (κ2) is 8.15. The molecule has 0 aliphatic rings. The number of nitrogens with zero attached hydrogens (tertiary/aromatic N) is 1. The fourth-order valence-corrected chi connectivity index (χ4v) is 2.10. The number of aromatic hydroxyl groups is 1. The van der Waals surface area contributed by atoms with Crippen molar-refractivity contribution in [1.82, 2.24) is 10.2 Å². The fourth-order valence-electron chi connectivity index (χ4n) is 2.10. The van der Waals surface area contributed by atoms with Gasteiger partial charge in [0, 0.05) is 25.7 Å². The van der Waals surface area contributed by atoms with E-state index in [9.17, 15) is 14.3 Å². The van der Waals surface area contributed by atoms with Crippen LogP contribution in [0.2, 0.25) is 0 Å². The van der Waals surface area contributed by atoms with Gasteiger partial charge in [0.25, 0.3) is 0 Å². The first-order chi connectivity index (χ1) is 10.6. The molecule has 0 aliphatic heterocycles.